The number of hydrogen-bond acceptors (Lipinski definition) is 10. The normalized spacial score (nSPS) is 9.73. The zero-order valence-corrected chi connectivity index (χ0v) is 22.1. The quantitative estimate of drug-likeness (QED) is 0.0705. The zero-order valence-electron chi connectivity index (χ0n) is 20.6. The summed E-state index contributed by atoms with van der Waals surface area (Å²) in [7, 11) is 0. The van der Waals surface area contributed by atoms with Crippen LogP contribution in [0.4, 0.5) is 27.1 Å². The molecule has 0 fully saturated rings. The summed E-state index contributed by atoms with van der Waals surface area (Å²) in [5, 5.41) is 30.0. The molecule has 4 aromatic rings. The van der Waals surface area contributed by atoms with E-state index in [0.717, 1.165) is 12.1 Å². The van der Waals surface area contributed by atoms with Crippen molar-refractivity contribution in [1.29, 1.82) is 0 Å². The number of phenolic OH excluding ortho intramolecular Hbond substituents is 1. The number of aromatic hydroxyl groups is 1. The van der Waals surface area contributed by atoms with Crippen LogP contribution in [-0.2, 0) is 0 Å². The molecule has 5 N–H and O–H groups in total. The first-order valence-electron chi connectivity index (χ1n) is 11.0. The highest BCUT2D eigenvalue weighted by Crippen LogP contribution is 2.33. The molecule has 0 aromatic heterocycles. The Morgan fingerprint density at radius 3 is 1.76 bits per heavy atom. The van der Waals surface area contributed by atoms with Crippen LogP contribution in [-0.4, -0.2) is 27.5 Å². The molecule has 4 aromatic carbocycles. The Bertz CT molecular complexity index is 1600. The lowest BCUT2D eigenvalue weighted by Crippen LogP contribution is -1.96. The summed E-state index contributed by atoms with van der Waals surface area (Å²) in [5.41, 5.74) is 11.1. The molecule has 0 aliphatic rings. The summed E-state index contributed by atoms with van der Waals surface area (Å²) in [4.78, 5) is 40.4. The van der Waals surface area contributed by atoms with Crippen molar-refractivity contribution in [2.75, 3.05) is 11.5 Å². The summed E-state index contributed by atoms with van der Waals surface area (Å²) < 4.78 is 17.8. The number of anilines is 2. The van der Waals surface area contributed by atoms with E-state index in [-0.39, 0.29) is 50.0 Å². The molecule has 0 aliphatic carbocycles. The number of halogens is 3. The maximum atomic E-state index is 12.4. The lowest BCUT2D eigenvalue weighted by atomic mass is 10.2. The van der Waals surface area contributed by atoms with E-state index in [4.69, 9.17) is 44.5 Å². The fourth-order valence-corrected chi connectivity index (χ4v) is 3.24. The number of hydrogen-bond donors (Lipinski definition) is 3. The van der Waals surface area contributed by atoms with E-state index >= 15 is 0 Å². The lowest BCUT2D eigenvalue weighted by molar-refractivity contribution is -0.384. The van der Waals surface area contributed by atoms with E-state index in [9.17, 15) is 34.2 Å². The number of aldehydes is 2. The van der Waals surface area contributed by atoms with Gasteiger partial charge >= 0.3 is 0 Å². The highest BCUT2D eigenvalue weighted by atomic mass is 35.5. The third kappa shape index (κ3) is 9.45. The van der Waals surface area contributed by atoms with Gasteiger partial charge in [-0.05, 0) is 60.7 Å². The predicted molar refractivity (Wildman–Crippen MR) is 150 cm³/mol. The second-order valence-electron chi connectivity index (χ2n) is 7.68. The topological polar surface area (TPSA) is 202 Å². The molecule has 0 aliphatic heterocycles. The van der Waals surface area contributed by atoms with Crippen LogP contribution >= 0.6 is 23.2 Å². The highest BCUT2D eigenvalue weighted by Gasteiger charge is 2.14. The molecular weight excluding hydrogens is 586 g/mol. The number of benzene rings is 4. The number of carbonyl (C=O) groups is 2. The van der Waals surface area contributed by atoms with Gasteiger partial charge in [-0.1, -0.05) is 23.2 Å². The SMILES string of the molecule is Nc1ccc(O)cc1[N+](=O)[O-].Nc1ccc(Oc2ccc(C=O)cc2Cl)cc1[N+](=O)[O-].O=Cc1ccc(F)c(Cl)c1. The molecule has 15 heteroatoms. The molecule has 0 saturated heterocycles. The third-order valence-electron chi connectivity index (χ3n) is 4.81. The van der Waals surface area contributed by atoms with Gasteiger partial charge in [0.15, 0.2) is 0 Å². The first kappa shape index (κ1) is 31.9. The molecule has 0 saturated carbocycles. The van der Waals surface area contributed by atoms with Crippen LogP contribution in [0.1, 0.15) is 20.7 Å². The molecule has 41 heavy (non-hydrogen) atoms. The standard InChI is InChI=1S/C13H9ClN2O4.C7H4ClFO.C6H6N2O3/c14-10-5-8(7-17)1-4-13(10)20-9-2-3-11(15)12(6-9)16(18)19;8-6-3-5(4-10)1-2-7(6)9;7-5-2-1-4(9)3-6(5)8(10)11/h1-7H,15H2;1-4H;1-3,9H,7H2. The van der Waals surface area contributed by atoms with Crippen LogP contribution in [0.2, 0.25) is 10.0 Å². The first-order valence-corrected chi connectivity index (χ1v) is 11.7. The molecule has 0 atom stereocenters. The summed E-state index contributed by atoms with van der Waals surface area (Å²) >= 11 is 11.3. The number of nitro benzene ring substituents is 2. The van der Waals surface area contributed by atoms with Crippen LogP contribution < -0.4 is 16.2 Å². The minimum atomic E-state index is -0.644. The van der Waals surface area contributed by atoms with Crippen molar-refractivity contribution in [3.63, 3.8) is 0 Å². The van der Waals surface area contributed by atoms with Crippen molar-refractivity contribution in [3.05, 3.63) is 120 Å². The van der Waals surface area contributed by atoms with Gasteiger partial charge in [-0.15, -0.1) is 0 Å². The van der Waals surface area contributed by atoms with Crippen molar-refractivity contribution in [3.8, 4) is 17.2 Å². The van der Waals surface area contributed by atoms with E-state index in [1.807, 2.05) is 0 Å². The molecule has 212 valence electrons. The average Bonchev–Trinajstić information content (AvgIpc) is 2.94. The molecule has 0 spiro atoms. The Kier molecular flexibility index (Phi) is 11.5. The van der Waals surface area contributed by atoms with Crippen molar-refractivity contribution >= 4 is 58.5 Å². The fraction of sp³-hybridized carbons (Fsp3) is 0. The van der Waals surface area contributed by atoms with Crippen molar-refractivity contribution < 1.29 is 33.7 Å². The van der Waals surface area contributed by atoms with Crippen LogP contribution in [0.3, 0.4) is 0 Å². The van der Waals surface area contributed by atoms with Crippen LogP contribution in [0.15, 0.2) is 72.8 Å². The van der Waals surface area contributed by atoms with E-state index in [0.29, 0.717) is 23.7 Å². The van der Waals surface area contributed by atoms with E-state index in [2.05, 4.69) is 0 Å². The molecule has 4 rings (SSSR count). The van der Waals surface area contributed by atoms with Crippen LogP contribution in [0.5, 0.6) is 17.2 Å². The van der Waals surface area contributed by atoms with Gasteiger partial charge in [0.2, 0.25) is 0 Å². The van der Waals surface area contributed by atoms with Crippen LogP contribution in [0.25, 0.3) is 0 Å². The molecule has 0 amide bonds. The van der Waals surface area contributed by atoms with E-state index < -0.39 is 15.7 Å². The van der Waals surface area contributed by atoms with Gasteiger partial charge in [-0.2, -0.15) is 0 Å². The Morgan fingerprint density at radius 2 is 1.27 bits per heavy atom. The summed E-state index contributed by atoms with van der Waals surface area (Å²) in [6.45, 7) is 0. The number of nitrogens with zero attached hydrogens (tertiary/aromatic N) is 2. The number of nitro groups is 2. The smallest absolute Gasteiger partial charge is 0.295 e. The van der Waals surface area contributed by atoms with Gasteiger partial charge in [0.25, 0.3) is 11.4 Å². The van der Waals surface area contributed by atoms with E-state index in [1.165, 1.54) is 60.7 Å². The Hall–Kier alpha value is -5.27. The molecule has 0 bridgehead atoms. The summed E-state index contributed by atoms with van der Waals surface area (Å²) in [6, 6.07) is 16.0. The number of carbonyl (C=O) groups excluding carboxylic acids is 2. The highest BCUT2D eigenvalue weighted by molar-refractivity contribution is 6.32. The largest absolute Gasteiger partial charge is 0.508 e. The number of rotatable bonds is 6. The molecule has 0 radical (unpaired) electrons. The molecular formula is C26H19Cl2FN4O8. The van der Waals surface area contributed by atoms with Crippen molar-refractivity contribution in [2.24, 2.45) is 0 Å². The van der Waals surface area contributed by atoms with Gasteiger partial charge in [-0.25, -0.2) is 4.39 Å². The monoisotopic (exact) mass is 604 g/mol. The summed E-state index contributed by atoms with van der Waals surface area (Å²) in [6.07, 6.45) is 1.27. The average molecular weight is 605 g/mol. The van der Waals surface area contributed by atoms with Gasteiger partial charge < -0.3 is 21.3 Å². The second kappa shape index (κ2) is 14.8. The number of nitrogens with two attached hydrogens (primary N) is 2. The zero-order chi connectivity index (χ0) is 30.7. The Morgan fingerprint density at radius 1 is 0.756 bits per heavy atom. The van der Waals surface area contributed by atoms with Crippen LogP contribution in [0, 0.1) is 26.0 Å². The number of phenols is 1. The van der Waals surface area contributed by atoms with Gasteiger partial charge in [0.1, 0.15) is 47.0 Å². The Labute approximate surface area is 240 Å². The maximum Gasteiger partial charge on any atom is 0.295 e. The third-order valence-corrected chi connectivity index (χ3v) is 5.39. The fourth-order valence-electron chi connectivity index (χ4n) is 2.82. The minimum Gasteiger partial charge on any atom is -0.508 e. The minimum absolute atomic E-state index is 0.0235. The number of ether oxygens (including phenoxy) is 1. The number of nitrogen functional groups attached to an aromatic ring is 2. The summed E-state index contributed by atoms with van der Waals surface area (Å²) in [5.74, 6) is -0.152. The van der Waals surface area contributed by atoms with Gasteiger partial charge in [0, 0.05) is 11.1 Å². The van der Waals surface area contributed by atoms with E-state index in [1.54, 1.807) is 0 Å². The first-order chi connectivity index (χ1) is 19.4. The van der Waals surface area contributed by atoms with Gasteiger partial charge in [0.05, 0.1) is 32.0 Å². The Balaban J connectivity index is 0.000000236. The van der Waals surface area contributed by atoms with Crippen molar-refractivity contribution in [1.82, 2.24) is 0 Å². The predicted octanol–water partition coefficient (Wildman–Crippen LogP) is 6.61. The molecule has 0 unspecified atom stereocenters. The molecule has 12 nitrogen and oxygen atoms in total. The van der Waals surface area contributed by atoms with Gasteiger partial charge in [-0.3, -0.25) is 29.8 Å². The van der Waals surface area contributed by atoms with Crippen molar-refractivity contribution in [2.45, 2.75) is 0 Å². The lowest BCUT2D eigenvalue weighted by Gasteiger charge is -2.08. The second-order valence-corrected chi connectivity index (χ2v) is 8.49. The maximum absolute atomic E-state index is 12.4. The molecule has 0 heterocycles.